The molecule has 0 radical (unpaired) electrons. The van der Waals surface area contributed by atoms with Crippen molar-refractivity contribution in [2.45, 2.75) is 44.9 Å². The quantitative estimate of drug-likeness (QED) is 0.236. The van der Waals surface area contributed by atoms with E-state index in [1.54, 1.807) is 11.1 Å². The van der Waals surface area contributed by atoms with Crippen LogP contribution < -0.4 is 0 Å². The molecule has 3 aromatic heterocycles. The second-order valence-electron chi connectivity index (χ2n) is 11.4. The van der Waals surface area contributed by atoms with Gasteiger partial charge in [0.2, 0.25) is 5.95 Å². The third-order valence-corrected chi connectivity index (χ3v) is 8.81. The Labute approximate surface area is 233 Å². The Morgan fingerprint density at radius 3 is 2.08 bits per heavy atom. The number of fused-ring (bicyclic) bond motifs is 5. The minimum absolute atomic E-state index is 0.0162. The van der Waals surface area contributed by atoms with Crippen LogP contribution in [0, 0.1) is 0 Å². The highest BCUT2D eigenvalue weighted by Gasteiger charge is 2.39. The summed E-state index contributed by atoms with van der Waals surface area (Å²) in [5.74, 6) is 1.94. The summed E-state index contributed by atoms with van der Waals surface area (Å²) in [7, 11) is 0. The zero-order valence-electron chi connectivity index (χ0n) is 22.7. The first-order valence-electron chi connectivity index (χ1n) is 14.1. The summed E-state index contributed by atoms with van der Waals surface area (Å²) in [5, 5.41) is 2.31. The Hall–Kier alpha value is -4.64. The van der Waals surface area contributed by atoms with Crippen LogP contribution in [0.25, 0.3) is 56.1 Å². The van der Waals surface area contributed by atoms with Crippen molar-refractivity contribution in [3.63, 3.8) is 0 Å². The molecular formula is C35H29N5. The summed E-state index contributed by atoms with van der Waals surface area (Å²) in [4.78, 5) is 19.6. The summed E-state index contributed by atoms with van der Waals surface area (Å²) in [6.45, 7) is 4.79. The summed E-state index contributed by atoms with van der Waals surface area (Å²) in [6.07, 6.45) is 8.75. The van der Waals surface area contributed by atoms with E-state index < -0.39 is 0 Å². The van der Waals surface area contributed by atoms with Crippen molar-refractivity contribution >= 4 is 27.4 Å². The zero-order valence-corrected chi connectivity index (χ0v) is 22.7. The molecule has 0 N–H and O–H groups in total. The van der Waals surface area contributed by atoms with E-state index in [-0.39, 0.29) is 5.41 Å². The first-order valence-corrected chi connectivity index (χ1v) is 14.1. The molecule has 40 heavy (non-hydrogen) atoms. The number of allylic oxidation sites excluding steroid dienone is 2. The van der Waals surface area contributed by atoms with Crippen molar-refractivity contribution in [1.82, 2.24) is 24.5 Å². The maximum Gasteiger partial charge on any atom is 0.238 e. The number of benzene rings is 3. The number of hydrogen-bond acceptors (Lipinski definition) is 4. The van der Waals surface area contributed by atoms with Crippen molar-refractivity contribution in [3.05, 3.63) is 108 Å². The average Bonchev–Trinajstić information content (AvgIpc) is 3.45. The molecule has 5 heteroatoms. The van der Waals surface area contributed by atoms with Crippen molar-refractivity contribution < 1.29 is 0 Å². The molecule has 0 aliphatic heterocycles. The summed E-state index contributed by atoms with van der Waals surface area (Å²) < 4.78 is 2.21. The second-order valence-corrected chi connectivity index (χ2v) is 11.4. The first kappa shape index (κ1) is 23.3. The molecule has 3 heterocycles. The Morgan fingerprint density at radius 2 is 1.38 bits per heavy atom. The van der Waals surface area contributed by atoms with Crippen LogP contribution in [0.3, 0.4) is 0 Å². The van der Waals surface area contributed by atoms with E-state index in [0.717, 1.165) is 27.5 Å². The van der Waals surface area contributed by atoms with Gasteiger partial charge in [0.25, 0.3) is 0 Å². The highest BCUT2D eigenvalue weighted by atomic mass is 15.2. The minimum atomic E-state index is 0.0162. The molecule has 0 bridgehead atoms. The van der Waals surface area contributed by atoms with Crippen LogP contribution in [0.1, 0.15) is 50.7 Å². The molecule has 2 aliphatic carbocycles. The van der Waals surface area contributed by atoms with E-state index in [1.165, 1.54) is 42.2 Å². The van der Waals surface area contributed by atoms with E-state index in [0.29, 0.717) is 17.6 Å². The van der Waals surface area contributed by atoms with E-state index in [9.17, 15) is 0 Å². The van der Waals surface area contributed by atoms with Crippen LogP contribution in [0.4, 0.5) is 0 Å². The molecule has 0 amide bonds. The van der Waals surface area contributed by atoms with Crippen LogP contribution in [0.5, 0.6) is 0 Å². The van der Waals surface area contributed by atoms with Crippen LogP contribution >= 0.6 is 0 Å². The number of rotatable bonds is 3. The lowest BCUT2D eigenvalue weighted by molar-refractivity contribution is 0.574. The van der Waals surface area contributed by atoms with Gasteiger partial charge in [-0.05, 0) is 60.6 Å². The van der Waals surface area contributed by atoms with Crippen molar-refractivity contribution in [3.8, 4) is 28.7 Å². The predicted octanol–water partition coefficient (Wildman–Crippen LogP) is 8.32. The Morgan fingerprint density at radius 1 is 0.700 bits per heavy atom. The molecule has 0 unspecified atom stereocenters. The normalized spacial score (nSPS) is 15.9. The van der Waals surface area contributed by atoms with Gasteiger partial charge in [0, 0.05) is 39.7 Å². The van der Waals surface area contributed by atoms with Crippen LogP contribution in [-0.2, 0) is 5.41 Å². The van der Waals surface area contributed by atoms with Gasteiger partial charge >= 0.3 is 0 Å². The smallest absolute Gasteiger partial charge is 0.238 e. The Bertz CT molecular complexity index is 1910. The fourth-order valence-corrected chi connectivity index (χ4v) is 6.84. The molecule has 2 aliphatic rings. The third-order valence-electron chi connectivity index (χ3n) is 8.81. The minimum Gasteiger partial charge on any atom is -0.278 e. The van der Waals surface area contributed by atoms with E-state index >= 15 is 0 Å². The van der Waals surface area contributed by atoms with Gasteiger partial charge in [0.15, 0.2) is 11.6 Å². The second kappa shape index (κ2) is 8.68. The largest absolute Gasteiger partial charge is 0.278 e. The fourth-order valence-electron chi connectivity index (χ4n) is 6.84. The van der Waals surface area contributed by atoms with Gasteiger partial charge < -0.3 is 0 Å². The molecule has 0 atom stereocenters. The highest BCUT2D eigenvalue weighted by Crippen LogP contribution is 2.53. The molecule has 0 saturated heterocycles. The zero-order chi connectivity index (χ0) is 26.8. The lowest BCUT2D eigenvalue weighted by atomic mass is 9.77. The number of aromatic nitrogens is 5. The van der Waals surface area contributed by atoms with Crippen LogP contribution in [0.2, 0.25) is 0 Å². The predicted molar refractivity (Wildman–Crippen MR) is 161 cm³/mol. The van der Waals surface area contributed by atoms with Crippen molar-refractivity contribution in [2.75, 3.05) is 0 Å². The van der Waals surface area contributed by atoms with Gasteiger partial charge in [-0.1, -0.05) is 80.1 Å². The van der Waals surface area contributed by atoms with Crippen LogP contribution in [-0.4, -0.2) is 24.5 Å². The van der Waals surface area contributed by atoms with Crippen molar-refractivity contribution in [2.24, 2.45) is 0 Å². The fraction of sp³-hybridized carbons (Fsp3) is 0.200. The topological polar surface area (TPSA) is 56.5 Å². The molecular weight excluding hydrogens is 490 g/mol. The molecule has 6 aromatic rings. The van der Waals surface area contributed by atoms with Gasteiger partial charge in [-0.25, -0.2) is 4.98 Å². The number of nitrogens with zero attached hydrogens (tertiary/aromatic N) is 5. The lowest BCUT2D eigenvalue weighted by Gasteiger charge is -2.27. The van der Waals surface area contributed by atoms with Gasteiger partial charge in [0.05, 0.1) is 11.0 Å². The third kappa shape index (κ3) is 3.40. The van der Waals surface area contributed by atoms with E-state index in [4.69, 9.17) is 15.0 Å². The molecule has 5 nitrogen and oxygen atoms in total. The Balaban J connectivity index is 1.44. The van der Waals surface area contributed by atoms with Gasteiger partial charge in [-0.3, -0.25) is 9.55 Å². The standard InChI is InChI=1S/C35H29N5/c1-35(2)28-16-10-9-15-24(28)25-19-26-27-21-36-18-17-30(27)40(31(26)20-29(25)35)34-38-32(22-11-5-3-6-12-22)37-33(39-34)23-13-7-4-8-14-23/h3-8,11-14,17-21H,9-10,15-16H2,1-2H3. The number of pyridine rings is 1. The maximum atomic E-state index is 5.08. The van der Waals surface area contributed by atoms with E-state index in [2.05, 4.69) is 65.9 Å². The van der Waals surface area contributed by atoms with Gasteiger partial charge in [0.1, 0.15) is 0 Å². The van der Waals surface area contributed by atoms with Crippen molar-refractivity contribution in [1.29, 1.82) is 0 Å². The molecule has 3 aromatic carbocycles. The highest BCUT2D eigenvalue weighted by molar-refractivity contribution is 6.10. The monoisotopic (exact) mass is 519 g/mol. The van der Waals surface area contributed by atoms with Gasteiger partial charge in [-0.15, -0.1) is 0 Å². The van der Waals surface area contributed by atoms with E-state index in [1.807, 2.05) is 48.8 Å². The first-order chi connectivity index (χ1) is 19.6. The molecule has 0 spiro atoms. The summed E-state index contributed by atoms with van der Waals surface area (Å²) >= 11 is 0. The van der Waals surface area contributed by atoms with Crippen LogP contribution in [0.15, 0.2) is 96.8 Å². The van der Waals surface area contributed by atoms with Gasteiger partial charge in [-0.2, -0.15) is 9.97 Å². The maximum absolute atomic E-state index is 5.08. The average molecular weight is 520 g/mol. The summed E-state index contributed by atoms with van der Waals surface area (Å²) in [5.41, 5.74) is 10.1. The molecule has 194 valence electrons. The summed E-state index contributed by atoms with van der Waals surface area (Å²) in [6, 6.07) is 27.2. The Kier molecular flexibility index (Phi) is 5.05. The lowest BCUT2D eigenvalue weighted by Crippen LogP contribution is -2.18. The molecule has 0 fully saturated rings. The number of hydrogen-bond donors (Lipinski definition) is 0. The molecule has 0 saturated carbocycles. The SMILES string of the molecule is CC1(C)C2=C(CCCC2)c2cc3c4cnccc4n(-c4nc(-c5ccccc5)nc(-c5ccccc5)n4)c3cc21. The molecule has 8 rings (SSSR count).